The van der Waals surface area contributed by atoms with E-state index < -0.39 is 46.2 Å². The van der Waals surface area contributed by atoms with E-state index in [0.29, 0.717) is 24.3 Å². The first-order chi connectivity index (χ1) is 16.7. The van der Waals surface area contributed by atoms with Gasteiger partial charge in [-0.2, -0.15) is 13.2 Å². The summed E-state index contributed by atoms with van der Waals surface area (Å²) in [5, 5.41) is 5.77. The SMILES string of the molecule is O=C(Nc1cnccc1OCC1CCNCC1)c1ccc(C(F)(F)F)c(-c2c(F)cccc2F)n1. The number of hydrogen-bond donors (Lipinski definition) is 2. The van der Waals surface area contributed by atoms with Gasteiger partial charge in [-0.1, -0.05) is 6.07 Å². The monoisotopic (exact) mass is 492 g/mol. The Bertz CT molecular complexity index is 1190. The van der Waals surface area contributed by atoms with Crippen molar-refractivity contribution in [2.24, 2.45) is 5.92 Å². The van der Waals surface area contributed by atoms with E-state index in [9.17, 15) is 26.7 Å². The number of pyridine rings is 2. The molecule has 0 radical (unpaired) electrons. The van der Waals surface area contributed by atoms with Gasteiger partial charge in [0.15, 0.2) is 0 Å². The second kappa shape index (κ2) is 10.3. The first-order valence-corrected chi connectivity index (χ1v) is 10.9. The van der Waals surface area contributed by atoms with Crippen molar-refractivity contribution in [3.63, 3.8) is 0 Å². The van der Waals surface area contributed by atoms with Crippen LogP contribution in [0.2, 0.25) is 0 Å². The highest BCUT2D eigenvalue weighted by atomic mass is 19.4. The standard InChI is InChI=1S/C24H21F5N4O2/c25-16-2-1-3-17(26)21(16)22-15(24(27,28)29)4-5-18(32-22)23(34)33-19-12-31-11-8-20(19)35-13-14-6-9-30-10-7-14/h1-5,8,11-12,14,30H,6-7,9-10,13H2,(H,33,34). The van der Waals surface area contributed by atoms with Gasteiger partial charge in [0.1, 0.15) is 28.8 Å². The summed E-state index contributed by atoms with van der Waals surface area (Å²) in [5.74, 6) is -2.69. The van der Waals surface area contributed by atoms with E-state index in [0.717, 1.165) is 50.2 Å². The van der Waals surface area contributed by atoms with Crippen LogP contribution in [-0.2, 0) is 6.18 Å². The van der Waals surface area contributed by atoms with Crippen molar-refractivity contribution >= 4 is 11.6 Å². The number of alkyl halides is 3. The number of amides is 1. The van der Waals surface area contributed by atoms with E-state index in [2.05, 4.69) is 20.6 Å². The number of hydrogen-bond acceptors (Lipinski definition) is 5. The van der Waals surface area contributed by atoms with Crippen LogP contribution in [0.25, 0.3) is 11.3 Å². The molecule has 0 spiro atoms. The van der Waals surface area contributed by atoms with Gasteiger partial charge < -0.3 is 15.4 Å². The van der Waals surface area contributed by atoms with Gasteiger partial charge in [0.2, 0.25) is 0 Å². The number of rotatable bonds is 6. The average molecular weight is 492 g/mol. The minimum atomic E-state index is -4.95. The molecule has 0 unspecified atom stereocenters. The normalized spacial score (nSPS) is 14.5. The van der Waals surface area contributed by atoms with Crippen molar-refractivity contribution in [2.45, 2.75) is 19.0 Å². The Morgan fingerprint density at radius 1 is 1.09 bits per heavy atom. The van der Waals surface area contributed by atoms with Crippen molar-refractivity contribution in [1.29, 1.82) is 0 Å². The molecule has 3 aromatic rings. The van der Waals surface area contributed by atoms with Crippen molar-refractivity contribution in [3.05, 3.63) is 71.7 Å². The fourth-order valence-corrected chi connectivity index (χ4v) is 3.77. The summed E-state index contributed by atoms with van der Waals surface area (Å²) < 4.78 is 75.1. The molecule has 35 heavy (non-hydrogen) atoms. The third-order valence-corrected chi connectivity index (χ3v) is 5.60. The molecule has 3 heterocycles. The van der Waals surface area contributed by atoms with Gasteiger partial charge in [-0.25, -0.2) is 13.8 Å². The fraction of sp³-hybridized carbons (Fsp3) is 0.292. The number of carbonyl (C=O) groups is 1. The molecule has 1 aromatic carbocycles. The topological polar surface area (TPSA) is 76.1 Å². The first kappa shape index (κ1) is 24.5. The first-order valence-electron chi connectivity index (χ1n) is 10.9. The number of ether oxygens (including phenoxy) is 1. The molecular weight excluding hydrogens is 471 g/mol. The summed E-state index contributed by atoms with van der Waals surface area (Å²) in [6, 6.07) is 5.61. The van der Waals surface area contributed by atoms with E-state index >= 15 is 0 Å². The third kappa shape index (κ3) is 5.73. The number of benzene rings is 1. The van der Waals surface area contributed by atoms with Crippen molar-refractivity contribution in [2.75, 3.05) is 25.0 Å². The number of carbonyl (C=O) groups excluding carboxylic acids is 1. The van der Waals surface area contributed by atoms with E-state index in [1.165, 1.54) is 12.4 Å². The number of nitrogens with zero attached hydrogens (tertiary/aromatic N) is 2. The van der Waals surface area contributed by atoms with E-state index in [1.54, 1.807) is 6.07 Å². The van der Waals surface area contributed by atoms with Crippen LogP contribution in [0.3, 0.4) is 0 Å². The van der Waals surface area contributed by atoms with Crippen LogP contribution in [0, 0.1) is 17.6 Å². The second-order valence-electron chi connectivity index (χ2n) is 8.02. The van der Waals surface area contributed by atoms with Gasteiger partial charge in [0, 0.05) is 12.3 Å². The van der Waals surface area contributed by atoms with Gasteiger partial charge in [0.25, 0.3) is 5.91 Å². The molecule has 1 aliphatic rings. The van der Waals surface area contributed by atoms with Crippen LogP contribution in [0.1, 0.15) is 28.9 Å². The zero-order valence-electron chi connectivity index (χ0n) is 18.3. The molecule has 2 aromatic heterocycles. The quantitative estimate of drug-likeness (QED) is 0.470. The van der Waals surface area contributed by atoms with Crippen LogP contribution in [0.5, 0.6) is 5.75 Å². The molecule has 11 heteroatoms. The fourth-order valence-electron chi connectivity index (χ4n) is 3.77. The zero-order valence-corrected chi connectivity index (χ0v) is 18.3. The van der Waals surface area contributed by atoms with Gasteiger partial charge in [-0.3, -0.25) is 9.78 Å². The number of piperidine rings is 1. The molecular formula is C24H21F5N4O2. The Morgan fingerprint density at radius 3 is 2.49 bits per heavy atom. The van der Waals surface area contributed by atoms with E-state index in [1.807, 2.05) is 0 Å². The minimum Gasteiger partial charge on any atom is -0.491 e. The van der Waals surface area contributed by atoms with Gasteiger partial charge >= 0.3 is 6.18 Å². The maximum atomic E-state index is 14.3. The highest BCUT2D eigenvalue weighted by Gasteiger charge is 2.36. The number of nitrogens with one attached hydrogen (secondary N) is 2. The summed E-state index contributed by atoms with van der Waals surface area (Å²) in [6.45, 7) is 2.20. The van der Waals surface area contributed by atoms with Gasteiger partial charge in [0.05, 0.1) is 29.6 Å². The van der Waals surface area contributed by atoms with Crippen LogP contribution >= 0.6 is 0 Å². The van der Waals surface area contributed by atoms with Gasteiger partial charge in [-0.15, -0.1) is 0 Å². The molecule has 1 fully saturated rings. The number of halogens is 5. The molecule has 184 valence electrons. The Labute approximate surface area is 197 Å². The van der Waals surface area contributed by atoms with E-state index in [-0.39, 0.29) is 5.69 Å². The molecule has 2 N–H and O–H groups in total. The minimum absolute atomic E-state index is 0.187. The lowest BCUT2D eigenvalue weighted by molar-refractivity contribution is -0.137. The van der Waals surface area contributed by atoms with Crippen LogP contribution in [-0.4, -0.2) is 35.6 Å². The summed E-state index contributed by atoms with van der Waals surface area (Å²) in [6.07, 6.45) is -0.264. The molecule has 1 saturated heterocycles. The Morgan fingerprint density at radius 2 is 1.80 bits per heavy atom. The Balaban J connectivity index is 1.61. The Hall–Kier alpha value is -3.60. The molecule has 1 aliphatic heterocycles. The van der Waals surface area contributed by atoms with Crippen LogP contribution in [0.15, 0.2) is 48.8 Å². The molecule has 0 bridgehead atoms. The number of aromatic nitrogens is 2. The Kier molecular flexibility index (Phi) is 7.25. The van der Waals surface area contributed by atoms with Crippen LogP contribution < -0.4 is 15.4 Å². The van der Waals surface area contributed by atoms with Crippen molar-refractivity contribution in [3.8, 4) is 17.0 Å². The van der Waals surface area contributed by atoms with E-state index in [4.69, 9.17) is 4.74 Å². The predicted molar refractivity (Wildman–Crippen MR) is 118 cm³/mol. The molecule has 0 saturated carbocycles. The lowest BCUT2D eigenvalue weighted by Crippen LogP contribution is -2.30. The average Bonchev–Trinajstić information content (AvgIpc) is 2.83. The van der Waals surface area contributed by atoms with Crippen molar-refractivity contribution in [1.82, 2.24) is 15.3 Å². The molecule has 0 atom stereocenters. The highest BCUT2D eigenvalue weighted by Crippen LogP contribution is 2.38. The smallest absolute Gasteiger partial charge is 0.418 e. The largest absolute Gasteiger partial charge is 0.491 e. The summed E-state index contributed by atoms with van der Waals surface area (Å²) in [4.78, 5) is 20.5. The summed E-state index contributed by atoms with van der Waals surface area (Å²) >= 11 is 0. The summed E-state index contributed by atoms with van der Waals surface area (Å²) in [5.41, 5.74) is -3.64. The molecule has 1 amide bonds. The third-order valence-electron chi connectivity index (χ3n) is 5.60. The zero-order chi connectivity index (χ0) is 25.0. The lowest BCUT2D eigenvalue weighted by atomic mass is 9.99. The maximum absolute atomic E-state index is 14.3. The number of anilines is 1. The maximum Gasteiger partial charge on any atom is 0.418 e. The van der Waals surface area contributed by atoms with Crippen molar-refractivity contribution < 1.29 is 31.5 Å². The molecule has 0 aliphatic carbocycles. The molecule has 4 rings (SSSR count). The lowest BCUT2D eigenvalue weighted by Gasteiger charge is -2.23. The molecule has 6 nitrogen and oxygen atoms in total. The summed E-state index contributed by atoms with van der Waals surface area (Å²) in [7, 11) is 0. The predicted octanol–water partition coefficient (Wildman–Crippen LogP) is 5.07. The van der Waals surface area contributed by atoms with Gasteiger partial charge in [-0.05, 0) is 56.1 Å². The highest BCUT2D eigenvalue weighted by molar-refractivity contribution is 6.04. The van der Waals surface area contributed by atoms with Crippen LogP contribution in [0.4, 0.5) is 27.6 Å². The second-order valence-corrected chi connectivity index (χ2v) is 8.02.